The maximum absolute atomic E-state index is 11.4. The molecule has 0 aliphatic carbocycles. The quantitative estimate of drug-likeness (QED) is 0.760. The first kappa shape index (κ1) is 10.4. The average Bonchev–Trinajstić information content (AvgIpc) is 2.45. The number of β-amino-alcohol motifs (C(OH)–C–C–N with tert-alkyl or cyclic N) is 1. The van der Waals surface area contributed by atoms with Gasteiger partial charge in [-0.15, -0.1) is 0 Å². The first-order valence-electron chi connectivity index (χ1n) is 4.72. The second-order valence-electron chi connectivity index (χ2n) is 3.58. The average molecular weight is 227 g/mol. The Morgan fingerprint density at radius 3 is 3.00 bits per heavy atom. The Morgan fingerprint density at radius 2 is 2.40 bits per heavy atom. The first-order valence-corrected chi connectivity index (χ1v) is 5.10. The lowest BCUT2D eigenvalue weighted by Crippen LogP contribution is -2.25. The molecule has 0 saturated carbocycles. The highest BCUT2D eigenvalue weighted by atomic mass is 35.5. The third-order valence-electron chi connectivity index (χ3n) is 2.32. The predicted octanol–water partition coefficient (Wildman–Crippen LogP) is 0.828. The molecule has 15 heavy (non-hydrogen) atoms. The van der Waals surface area contributed by atoms with Crippen LogP contribution in [-0.4, -0.2) is 33.5 Å². The van der Waals surface area contributed by atoms with E-state index in [2.05, 4.69) is 4.98 Å². The van der Waals surface area contributed by atoms with E-state index >= 15 is 0 Å². The van der Waals surface area contributed by atoms with Crippen LogP contribution in [0.15, 0.2) is 18.2 Å². The summed E-state index contributed by atoms with van der Waals surface area (Å²) in [6.07, 6.45) is -0.336. The molecule has 1 N–H and O–H groups in total. The minimum atomic E-state index is -0.545. The molecule has 0 spiro atoms. The summed E-state index contributed by atoms with van der Waals surface area (Å²) in [7, 11) is 0. The molecule has 1 fully saturated rings. The van der Waals surface area contributed by atoms with Gasteiger partial charge in [-0.2, -0.15) is 0 Å². The highest BCUT2D eigenvalue weighted by molar-refractivity contribution is 6.29. The zero-order chi connectivity index (χ0) is 10.8. The summed E-state index contributed by atoms with van der Waals surface area (Å²) in [5.41, 5.74) is 0.741. The van der Waals surface area contributed by atoms with Crippen molar-refractivity contribution in [2.24, 2.45) is 0 Å². The maximum atomic E-state index is 11.4. The van der Waals surface area contributed by atoms with E-state index in [0.717, 1.165) is 5.69 Å². The van der Waals surface area contributed by atoms with Gasteiger partial charge in [0.2, 0.25) is 5.91 Å². The van der Waals surface area contributed by atoms with Crippen molar-refractivity contribution >= 4 is 17.5 Å². The smallest absolute Gasteiger partial charge is 0.225 e. The van der Waals surface area contributed by atoms with Crippen LogP contribution in [0.4, 0.5) is 0 Å². The van der Waals surface area contributed by atoms with Crippen LogP contribution in [0.2, 0.25) is 5.15 Å². The molecule has 80 valence electrons. The van der Waals surface area contributed by atoms with Gasteiger partial charge >= 0.3 is 0 Å². The standard InChI is InChI=1S/C10H11ClN2O2/c11-9-3-1-2-7(12-9)5-13-6-8(14)4-10(13)15/h1-3,8,14H,4-6H2. The molecule has 1 unspecified atom stereocenters. The molecule has 2 heterocycles. The molecule has 1 atom stereocenters. The Labute approximate surface area is 92.5 Å². The number of hydrogen-bond acceptors (Lipinski definition) is 3. The van der Waals surface area contributed by atoms with E-state index in [1.54, 1.807) is 17.0 Å². The normalized spacial score (nSPS) is 21.1. The topological polar surface area (TPSA) is 53.4 Å². The molecule has 2 rings (SSSR count). The lowest BCUT2D eigenvalue weighted by molar-refractivity contribution is -0.128. The van der Waals surface area contributed by atoms with Crippen LogP contribution in [-0.2, 0) is 11.3 Å². The first-order chi connectivity index (χ1) is 7.15. The van der Waals surface area contributed by atoms with E-state index in [0.29, 0.717) is 18.2 Å². The molecule has 0 bridgehead atoms. The Morgan fingerprint density at radius 1 is 1.60 bits per heavy atom. The number of rotatable bonds is 2. The zero-order valence-corrected chi connectivity index (χ0v) is 8.81. The highest BCUT2D eigenvalue weighted by Gasteiger charge is 2.27. The lowest BCUT2D eigenvalue weighted by Gasteiger charge is -2.14. The second-order valence-corrected chi connectivity index (χ2v) is 3.97. The van der Waals surface area contributed by atoms with Gasteiger partial charge in [0.15, 0.2) is 0 Å². The Hall–Kier alpha value is -1.13. The number of pyridine rings is 1. The molecule has 1 aliphatic heterocycles. The van der Waals surface area contributed by atoms with Crippen molar-refractivity contribution in [2.75, 3.05) is 6.54 Å². The summed E-state index contributed by atoms with van der Waals surface area (Å²) in [6.45, 7) is 0.795. The minimum absolute atomic E-state index is 0.0377. The summed E-state index contributed by atoms with van der Waals surface area (Å²) in [6, 6.07) is 5.29. The molecule has 1 aromatic heterocycles. The summed E-state index contributed by atoms with van der Waals surface area (Å²) in [5.74, 6) is -0.0377. The van der Waals surface area contributed by atoms with Crippen LogP contribution >= 0.6 is 11.6 Å². The van der Waals surface area contributed by atoms with E-state index in [-0.39, 0.29) is 12.3 Å². The van der Waals surface area contributed by atoms with E-state index in [1.807, 2.05) is 6.07 Å². The van der Waals surface area contributed by atoms with Crippen molar-refractivity contribution in [3.8, 4) is 0 Å². The van der Waals surface area contributed by atoms with Gasteiger partial charge in [-0.05, 0) is 12.1 Å². The van der Waals surface area contributed by atoms with Gasteiger partial charge in [0.25, 0.3) is 0 Å². The minimum Gasteiger partial charge on any atom is -0.391 e. The number of halogens is 1. The van der Waals surface area contributed by atoms with Crippen LogP contribution in [0.1, 0.15) is 12.1 Å². The van der Waals surface area contributed by atoms with Gasteiger partial charge in [0.05, 0.1) is 24.8 Å². The van der Waals surface area contributed by atoms with Crippen LogP contribution < -0.4 is 0 Å². The van der Waals surface area contributed by atoms with E-state index in [9.17, 15) is 9.90 Å². The molecule has 4 nitrogen and oxygen atoms in total. The van der Waals surface area contributed by atoms with Crippen LogP contribution in [0, 0.1) is 0 Å². The maximum Gasteiger partial charge on any atom is 0.225 e. The summed E-state index contributed by atoms with van der Waals surface area (Å²) >= 11 is 5.73. The van der Waals surface area contributed by atoms with Gasteiger partial charge in [0.1, 0.15) is 5.15 Å². The van der Waals surface area contributed by atoms with Crippen molar-refractivity contribution in [2.45, 2.75) is 19.1 Å². The van der Waals surface area contributed by atoms with Crippen molar-refractivity contribution in [3.05, 3.63) is 29.0 Å². The third kappa shape index (κ3) is 2.46. The summed E-state index contributed by atoms with van der Waals surface area (Å²) in [5, 5.41) is 9.71. The zero-order valence-electron chi connectivity index (χ0n) is 8.06. The Kier molecular flexibility index (Phi) is 2.88. The fraction of sp³-hybridized carbons (Fsp3) is 0.400. The molecule has 0 radical (unpaired) electrons. The van der Waals surface area contributed by atoms with E-state index < -0.39 is 6.10 Å². The number of aromatic nitrogens is 1. The molecular formula is C10H11ClN2O2. The molecule has 0 aromatic carbocycles. The summed E-state index contributed by atoms with van der Waals surface area (Å²) < 4.78 is 0. The number of hydrogen-bond donors (Lipinski definition) is 1. The molecule has 5 heteroatoms. The molecule has 1 aromatic rings. The van der Waals surface area contributed by atoms with Gasteiger partial charge in [-0.25, -0.2) is 4.98 Å². The highest BCUT2D eigenvalue weighted by Crippen LogP contribution is 2.14. The molecule has 1 aliphatic rings. The largest absolute Gasteiger partial charge is 0.391 e. The molecular weight excluding hydrogens is 216 g/mol. The van der Waals surface area contributed by atoms with Gasteiger partial charge in [0, 0.05) is 6.54 Å². The van der Waals surface area contributed by atoms with Gasteiger partial charge in [-0.3, -0.25) is 4.79 Å². The number of carbonyl (C=O) groups is 1. The second kappa shape index (κ2) is 4.16. The third-order valence-corrected chi connectivity index (χ3v) is 2.53. The van der Waals surface area contributed by atoms with Crippen molar-refractivity contribution < 1.29 is 9.90 Å². The van der Waals surface area contributed by atoms with Gasteiger partial charge in [-0.1, -0.05) is 17.7 Å². The van der Waals surface area contributed by atoms with Crippen molar-refractivity contribution in [3.63, 3.8) is 0 Å². The van der Waals surface area contributed by atoms with Crippen molar-refractivity contribution in [1.82, 2.24) is 9.88 Å². The van der Waals surface area contributed by atoms with Crippen LogP contribution in [0.3, 0.4) is 0 Å². The van der Waals surface area contributed by atoms with Crippen LogP contribution in [0.25, 0.3) is 0 Å². The fourth-order valence-electron chi connectivity index (χ4n) is 1.64. The number of amides is 1. The molecule has 1 saturated heterocycles. The number of likely N-dealkylation sites (tertiary alicyclic amines) is 1. The number of aliphatic hydroxyl groups excluding tert-OH is 1. The van der Waals surface area contributed by atoms with E-state index in [1.165, 1.54) is 0 Å². The summed E-state index contributed by atoms with van der Waals surface area (Å²) in [4.78, 5) is 17.1. The Bertz CT molecular complexity index is 383. The SMILES string of the molecule is O=C1CC(O)CN1Cc1cccc(Cl)n1. The monoisotopic (exact) mass is 226 g/mol. The number of aliphatic hydroxyl groups is 1. The van der Waals surface area contributed by atoms with Crippen molar-refractivity contribution in [1.29, 1.82) is 0 Å². The Balaban J connectivity index is 2.06. The fourth-order valence-corrected chi connectivity index (χ4v) is 1.82. The predicted molar refractivity (Wildman–Crippen MR) is 55.3 cm³/mol. The van der Waals surface area contributed by atoms with E-state index in [4.69, 9.17) is 11.6 Å². The number of nitrogens with zero attached hydrogens (tertiary/aromatic N) is 2. The molecule has 1 amide bonds. The lowest BCUT2D eigenvalue weighted by atomic mass is 10.3. The van der Waals surface area contributed by atoms with Gasteiger partial charge < -0.3 is 10.0 Å². The number of carbonyl (C=O) groups excluding carboxylic acids is 1. The van der Waals surface area contributed by atoms with Crippen LogP contribution in [0.5, 0.6) is 0 Å².